The lowest BCUT2D eigenvalue weighted by molar-refractivity contribution is -0.0732. The summed E-state index contributed by atoms with van der Waals surface area (Å²) in [6.07, 6.45) is 6.63. The Balaban J connectivity index is 1.38. The number of nitrogens with one attached hydrogen (secondary N) is 1. The first kappa shape index (κ1) is 17.7. The van der Waals surface area contributed by atoms with Gasteiger partial charge in [0.25, 0.3) is 0 Å². The number of carbonyl (C=O) groups is 1. The van der Waals surface area contributed by atoms with Gasteiger partial charge in [-0.05, 0) is 42.5 Å². The molecule has 1 saturated carbocycles. The number of amides is 1. The van der Waals surface area contributed by atoms with Gasteiger partial charge in [-0.25, -0.2) is 4.79 Å². The Hall–Kier alpha value is -2.33. The Bertz CT molecular complexity index is 838. The number of carbonyl (C=O) groups excluding carboxylic acids is 1. The van der Waals surface area contributed by atoms with Crippen LogP contribution in [0.3, 0.4) is 0 Å². The van der Waals surface area contributed by atoms with Crippen LogP contribution in [-0.4, -0.2) is 29.7 Å². The second-order valence-corrected chi connectivity index (χ2v) is 8.39. The number of para-hydroxylation sites is 1. The van der Waals surface area contributed by atoms with Gasteiger partial charge in [0.1, 0.15) is 6.10 Å². The van der Waals surface area contributed by atoms with Crippen LogP contribution in [0.15, 0.2) is 54.6 Å². The van der Waals surface area contributed by atoms with Crippen molar-refractivity contribution >= 4 is 11.8 Å². The Morgan fingerprint density at radius 2 is 1.79 bits per heavy atom. The van der Waals surface area contributed by atoms with E-state index in [0.29, 0.717) is 18.0 Å². The first-order chi connectivity index (χ1) is 13.8. The zero-order chi connectivity index (χ0) is 18.9. The summed E-state index contributed by atoms with van der Waals surface area (Å²) in [6, 6.07) is 19.3. The minimum Gasteiger partial charge on any atom is -0.446 e. The van der Waals surface area contributed by atoms with Gasteiger partial charge in [-0.2, -0.15) is 0 Å². The van der Waals surface area contributed by atoms with Crippen LogP contribution in [0.1, 0.15) is 49.3 Å². The average Bonchev–Trinajstić information content (AvgIpc) is 2.74. The lowest BCUT2D eigenvalue weighted by Crippen LogP contribution is -2.56. The van der Waals surface area contributed by atoms with Crippen LogP contribution in [0.2, 0.25) is 0 Å². The third kappa shape index (κ3) is 3.30. The fourth-order valence-electron chi connectivity index (χ4n) is 5.65. The van der Waals surface area contributed by atoms with Crippen LogP contribution in [-0.2, 0) is 11.2 Å². The summed E-state index contributed by atoms with van der Waals surface area (Å²) >= 11 is 0. The number of ether oxygens (including phenoxy) is 1. The Morgan fingerprint density at radius 3 is 2.68 bits per heavy atom. The molecule has 4 atom stereocenters. The van der Waals surface area contributed by atoms with E-state index in [1.165, 1.54) is 36.8 Å². The highest BCUT2D eigenvalue weighted by Gasteiger charge is 2.47. The molecule has 4 unspecified atom stereocenters. The van der Waals surface area contributed by atoms with Crippen molar-refractivity contribution in [2.24, 2.45) is 5.92 Å². The molecule has 5 rings (SSSR count). The molecule has 1 N–H and O–H groups in total. The summed E-state index contributed by atoms with van der Waals surface area (Å²) in [5.41, 5.74) is 3.69. The predicted molar refractivity (Wildman–Crippen MR) is 110 cm³/mol. The van der Waals surface area contributed by atoms with E-state index < -0.39 is 0 Å². The van der Waals surface area contributed by atoms with Gasteiger partial charge >= 0.3 is 6.09 Å². The van der Waals surface area contributed by atoms with Crippen molar-refractivity contribution in [2.75, 3.05) is 11.9 Å². The lowest BCUT2D eigenvalue weighted by atomic mass is 9.71. The SMILES string of the molecule is O=C(Nc1ccccc1)OC1CC2c3ccccc3CCN2C2CCCCC12. The van der Waals surface area contributed by atoms with E-state index in [1.807, 2.05) is 30.3 Å². The molecule has 28 heavy (non-hydrogen) atoms. The van der Waals surface area contributed by atoms with Crippen molar-refractivity contribution in [3.8, 4) is 0 Å². The monoisotopic (exact) mass is 376 g/mol. The average molecular weight is 377 g/mol. The smallest absolute Gasteiger partial charge is 0.411 e. The number of fused-ring (bicyclic) bond motifs is 5. The normalized spacial score (nSPS) is 29.1. The molecule has 0 bridgehead atoms. The number of benzene rings is 2. The lowest BCUT2D eigenvalue weighted by Gasteiger charge is -2.53. The molecule has 3 aliphatic rings. The molecule has 1 saturated heterocycles. The number of nitrogens with zero attached hydrogens (tertiary/aromatic N) is 1. The molecule has 2 fully saturated rings. The maximum atomic E-state index is 12.6. The van der Waals surface area contributed by atoms with Gasteiger partial charge in [0.15, 0.2) is 0 Å². The zero-order valence-corrected chi connectivity index (χ0v) is 16.2. The maximum Gasteiger partial charge on any atom is 0.411 e. The highest BCUT2D eigenvalue weighted by atomic mass is 16.6. The Kier molecular flexibility index (Phi) is 4.81. The third-order valence-electron chi connectivity index (χ3n) is 6.87. The van der Waals surface area contributed by atoms with Crippen molar-refractivity contribution in [1.82, 2.24) is 4.90 Å². The van der Waals surface area contributed by atoms with Crippen molar-refractivity contribution in [3.63, 3.8) is 0 Å². The molecule has 2 aliphatic heterocycles. The van der Waals surface area contributed by atoms with Crippen LogP contribution in [0, 0.1) is 5.92 Å². The van der Waals surface area contributed by atoms with Crippen molar-refractivity contribution in [2.45, 2.75) is 56.7 Å². The Labute approximate surface area is 166 Å². The fraction of sp³-hybridized carbons (Fsp3) is 0.458. The van der Waals surface area contributed by atoms with Gasteiger partial charge in [0, 0.05) is 36.7 Å². The minimum absolute atomic E-state index is 0.0126. The summed E-state index contributed by atoms with van der Waals surface area (Å²) in [5, 5.41) is 2.90. The van der Waals surface area contributed by atoms with Crippen LogP contribution in [0.25, 0.3) is 0 Å². The van der Waals surface area contributed by atoms with Crippen LogP contribution < -0.4 is 5.32 Å². The van der Waals surface area contributed by atoms with Crippen molar-refractivity contribution < 1.29 is 9.53 Å². The van der Waals surface area contributed by atoms with E-state index in [0.717, 1.165) is 25.1 Å². The minimum atomic E-state index is -0.321. The van der Waals surface area contributed by atoms with Gasteiger partial charge in [-0.15, -0.1) is 0 Å². The molecule has 2 aromatic carbocycles. The van der Waals surface area contributed by atoms with Gasteiger partial charge in [-0.1, -0.05) is 55.3 Å². The van der Waals surface area contributed by atoms with Gasteiger partial charge in [0.05, 0.1) is 0 Å². The molecular formula is C24H28N2O2. The molecule has 146 valence electrons. The largest absolute Gasteiger partial charge is 0.446 e. The maximum absolute atomic E-state index is 12.6. The standard InChI is InChI=1S/C24H28N2O2/c27-24(25-18-9-2-1-3-10-18)28-23-16-22-19-11-5-4-8-17(19)14-15-26(22)21-13-7-6-12-20(21)23/h1-5,8-11,20-23H,6-7,12-16H2,(H,25,27). The predicted octanol–water partition coefficient (Wildman–Crippen LogP) is 5.17. The van der Waals surface area contributed by atoms with E-state index in [9.17, 15) is 4.79 Å². The van der Waals surface area contributed by atoms with Crippen molar-refractivity contribution in [1.29, 1.82) is 0 Å². The van der Waals surface area contributed by atoms with E-state index in [4.69, 9.17) is 4.74 Å². The summed E-state index contributed by atoms with van der Waals surface area (Å²) in [7, 11) is 0. The number of hydrogen-bond acceptors (Lipinski definition) is 3. The molecule has 4 nitrogen and oxygen atoms in total. The second-order valence-electron chi connectivity index (χ2n) is 8.39. The van der Waals surface area contributed by atoms with E-state index in [2.05, 4.69) is 34.5 Å². The number of rotatable bonds is 2. The summed E-state index contributed by atoms with van der Waals surface area (Å²) in [6.45, 7) is 1.13. The molecule has 0 aromatic heterocycles. The molecule has 2 aromatic rings. The molecule has 2 heterocycles. The molecule has 0 spiro atoms. The van der Waals surface area contributed by atoms with E-state index in [-0.39, 0.29) is 12.2 Å². The number of hydrogen-bond donors (Lipinski definition) is 1. The summed E-state index contributed by atoms with van der Waals surface area (Å²) in [5.74, 6) is 0.455. The van der Waals surface area contributed by atoms with Crippen LogP contribution in [0.4, 0.5) is 10.5 Å². The van der Waals surface area contributed by atoms with E-state index >= 15 is 0 Å². The molecule has 1 aliphatic carbocycles. The number of piperidine rings is 1. The fourth-order valence-corrected chi connectivity index (χ4v) is 5.65. The first-order valence-electron chi connectivity index (χ1n) is 10.7. The van der Waals surface area contributed by atoms with Gasteiger partial charge in [-0.3, -0.25) is 10.2 Å². The second kappa shape index (κ2) is 7.59. The quantitative estimate of drug-likeness (QED) is 0.787. The van der Waals surface area contributed by atoms with Crippen molar-refractivity contribution in [3.05, 3.63) is 65.7 Å². The third-order valence-corrected chi connectivity index (χ3v) is 6.87. The topological polar surface area (TPSA) is 41.6 Å². The molecular weight excluding hydrogens is 348 g/mol. The first-order valence-corrected chi connectivity index (χ1v) is 10.7. The van der Waals surface area contributed by atoms with Crippen LogP contribution >= 0.6 is 0 Å². The summed E-state index contributed by atoms with van der Waals surface area (Å²) < 4.78 is 6.05. The van der Waals surface area contributed by atoms with Gasteiger partial charge in [0.2, 0.25) is 0 Å². The highest BCUT2D eigenvalue weighted by molar-refractivity contribution is 5.84. The highest BCUT2D eigenvalue weighted by Crippen LogP contribution is 2.47. The van der Waals surface area contributed by atoms with E-state index in [1.54, 1.807) is 0 Å². The molecule has 0 radical (unpaired) electrons. The van der Waals surface area contributed by atoms with Gasteiger partial charge < -0.3 is 4.74 Å². The molecule has 4 heteroatoms. The van der Waals surface area contributed by atoms with Crippen LogP contribution in [0.5, 0.6) is 0 Å². The Morgan fingerprint density at radius 1 is 1.00 bits per heavy atom. The summed E-state index contributed by atoms with van der Waals surface area (Å²) in [4.78, 5) is 15.3. The number of anilines is 1. The zero-order valence-electron chi connectivity index (χ0n) is 16.2. The molecule has 1 amide bonds.